The Kier molecular flexibility index (Phi) is 67.4. The summed E-state index contributed by atoms with van der Waals surface area (Å²) in [6.45, 7) is 4.94. The molecule has 2 atom stereocenters. The Balaban J connectivity index is 3.37. The quantitative estimate of drug-likeness (QED) is 0.0320. The SMILES string of the molecule is CCCCCCCCCCCCCCCCCC/C=C/C(O)C(CO)NC(=O)CCCCCCCCCCCCCCCCCCC/C=C\CCCCCCCCCCCCCCOC(=O)CCCCCCCCCCCCC. The van der Waals surface area contributed by atoms with Crippen molar-refractivity contribution in [3.8, 4) is 0 Å². The number of esters is 1. The first-order valence-electron chi connectivity index (χ1n) is 36.1. The Hall–Kier alpha value is -1.66. The van der Waals surface area contributed by atoms with Crippen molar-refractivity contribution >= 4 is 11.9 Å². The average Bonchev–Trinajstić information content (AvgIpc) is 3.45. The third-order valence-corrected chi connectivity index (χ3v) is 17.0. The largest absolute Gasteiger partial charge is 0.466 e. The molecule has 3 N–H and O–H groups in total. The minimum Gasteiger partial charge on any atom is -0.466 e. The van der Waals surface area contributed by atoms with Crippen LogP contribution >= 0.6 is 0 Å². The van der Waals surface area contributed by atoms with Crippen LogP contribution in [-0.4, -0.2) is 47.4 Å². The second-order valence-electron chi connectivity index (χ2n) is 24.9. The van der Waals surface area contributed by atoms with E-state index in [0.29, 0.717) is 19.4 Å². The van der Waals surface area contributed by atoms with Gasteiger partial charge < -0.3 is 20.3 Å². The van der Waals surface area contributed by atoms with Crippen LogP contribution in [0.5, 0.6) is 0 Å². The number of amides is 1. The number of aliphatic hydroxyl groups is 2. The van der Waals surface area contributed by atoms with Gasteiger partial charge in [0.25, 0.3) is 0 Å². The summed E-state index contributed by atoms with van der Waals surface area (Å²) in [4.78, 5) is 24.5. The fraction of sp³-hybridized carbons (Fsp3) is 0.918. The first-order chi connectivity index (χ1) is 39.0. The van der Waals surface area contributed by atoms with Crippen molar-refractivity contribution in [1.29, 1.82) is 0 Å². The zero-order valence-electron chi connectivity index (χ0n) is 53.6. The second-order valence-corrected chi connectivity index (χ2v) is 24.9. The first-order valence-corrected chi connectivity index (χ1v) is 36.1. The van der Waals surface area contributed by atoms with Crippen LogP contribution in [0.2, 0.25) is 0 Å². The van der Waals surface area contributed by atoms with Gasteiger partial charge in [-0.05, 0) is 57.8 Å². The molecule has 0 rings (SSSR count). The van der Waals surface area contributed by atoms with E-state index in [4.69, 9.17) is 4.74 Å². The van der Waals surface area contributed by atoms with Gasteiger partial charge in [0.15, 0.2) is 0 Å². The van der Waals surface area contributed by atoms with Crippen molar-refractivity contribution in [3.05, 3.63) is 24.3 Å². The molecule has 0 saturated heterocycles. The fourth-order valence-corrected chi connectivity index (χ4v) is 11.5. The smallest absolute Gasteiger partial charge is 0.305 e. The van der Waals surface area contributed by atoms with Gasteiger partial charge in [-0.2, -0.15) is 0 Å². The van der Waals surface area contributed by atoms with Gasteiger partial charge in [0.05, 0.1) is 25.4 Å². The highest BCUT2D eigenvalue weighted by Gasteiger charge is 2.18. The zero-order valence-corrected chi connectivity index (χ0v) is 53.6. The molecule has 0 aliphatic carbocycles. The van der Waals surface area contributed by atoms with E-state index in [1.807, 2.05) is 6.08 Å². The molecule has 0 saturated carbocycles. The van der Waals surface area contributed by atoms with Crippen molar-refractivity contribution < 1.29 is 24.5 Å². The number of carbonyl (C=O) groups excluding carboxylic acids is 2. The Morgan fingerprint density at radius 3 is 0.899 bits per heavy atom. The number of nitrogens with one attached hydrogen (secondary N) is 1. The molecule has 0 heterocycles. The highest BCUT2D eigenvalue weighted by atomic mass is 16.5. The van der Waals surface area contributed by atoms with Crippen molar-refractivity contribution in [3.63, 3.8) is 0 Å². The highest BCUT2D eigenvalue weighted by Crippen LogP contribution is 2.19. The van der Waals surface area contributed by atoms with Crippen molar-refractivity contribution in [1.82, 2.24) is 5.32 Å². The number of carbonyl (C=O) groups is 2. The topological polar surface area (TPSA) is 95.9 Å². The minimum absolute atomic E-state index is 0.0187. The molecule has 0 aromatic carbocycles. The molecule has 2 unspecified atom stereocenters. The summed E-state index contributed by atoms with van der Waals surface area (Å²) in [7, 11) is 0. The Morgan fingerprint density at radius 2 is 0.595 bits per heavy atom. The molecule has 1 amide bonds. The lowest BCUT2D eigenvalue weighted by Crippen LogP contribution is -2.45. The summed E-state index contributed by atoms with van der Waals surface area (Å²) in [5.74, 6) is -0.0425. The Morgan fingerprint density at radius 1 is 0.342 bits per heavy atom. The summed E-state index contributed by atoms with van der Waals surface area (Å²) in [6.07, 6.45) is 87.0. The number of allylic oxidation sites excluding steroid dienone is 3. The molecule has 0 aliphatic rings. The summed E-state index contributed by atoms with van der Waals surface area (Å²) >= 11 is 0. The van der Waals surface area contributed by atoms with Gasteiger partial charge in [-0.1, -0.05) is 359 Å². The maximum Gasteiger partial charge on any atom is 0.305 e. The van der Waals surface area contributed by atoms with E-state index in [1.165, 1.54) is 340 Å². The number of rotatable bonds is 68. The molecule has 79 heavy (non-hydrogen) atoms. The van der Waals surface area contributed by atoms with Crippen molar-refractivity contribution in [2.24, 2.45) is 0 Å². The first kappa shape index (κ1) is 77.3. The number of unbranched alkanes of at least 4 members (excludes halogenated alkanes) is 55. The van der Waals surface area contributed by atoms with Crippen LogP contribution in [0.1, 0.15) is 406 Å². The summed E-state index contributed by atoms with van der Waals surface area (Å²) in [5, 5.41) is 23.2. The lowest BCUT2D eigenvalue weighted by atomic mass is 10.0. The maximum absolute atomic E-state index is 12.5. The third kappa shape index (κ3) is 65.4. The van der Waals surface area contributed by atoms with Gasteiger partial charge in [-0.3, -0.25) is 9.59 Å². The predicted octanol–water partition coefficient (Wildman–Crippen LogP) is 23.3. The minimum atomic E-state index is -0.842. The fourth-order valence-electron chi connectivity index (χ4n) is 11.5. The number of hydrogen-bond donors (Lipinski definition) is 3. The molecule has 0 aromatic rings. The second kappa shape index (κ2) is 68.8. The number of hydrogen-bond acceptors (Lipinski definition) is 5. The molecular weight excluding hydrogens is 971 g/mol. The molecular formula is C73H141NO5. The molecule has 0 aromatic heterocycles. The van der Waals surface area contributed by atoms with Gasteiger partial charge >= 0.3 is 5.97 Å². The van der Waals surface area contributed by atoms with Crippen molar-refractivity contribution in [2.75, 3.05) is 13.2 Å². The Labute approximate surface area is 494 Å². The molecule has 468 valence electrons. The van der Waals surface area contributed by atoms with Gasteiger partial charge in [0.1, 0.15) is 0 Å². The normalized spacial score (nSPS) is 12.6. The lowest BCUT2D eigenvalue weighted by Gasteiger charge is -2.20. The van der Waals surface area contributed by atoms with E-state index in [1.54, 1.807) is 6.08 Å². The van der Waals surface area contributed by atoms with Crippen LogP contribution in [0.4, 0.5) is 0 Å². The number of ether oxygens (including phenoxy) is 1. The van der Waals surface area contributed by atoms with Crippen molar-refractivity contribution in [2.45, 2.75) is 418 Å². The molecule has 0 bridgehead atoms. The van der Waals surface area contributed by atoms with Crippen LogP contribution < -0.4 is 5.32 Å². The van der Waals surface area contributed by atoms with Gasteiger partial charge in [-0.15, -0.1) is 0 Å². The predicted molar refractivity (Wildman–Crippen MR) is 347 cm³/mol. The van der Waals surface area contributed by atoms with E-state index in [-0.39, 0.29) is 18.5 Å². The van der Waals surface area contributed by atoms with Crippen LogP contribution in [0.3, 0.4) is 0 Å². The standard InChI is InChI=1S/C73H141NO5/c1-3-5-7-9-11-13-15-16-17-18-36-39-42-46-49-53-57-61-65-71(76)70(69-75)74-72(77)66-62-58-54-50-47-43-40-37-34-32-30-28-26-24-22-20-19-21-23-25-27-29-31-33-35-38-41-44-48-52-56-60-64-68-79-73(78)67-63-59-55-51-45-14-12-10-8-6-4-2/h23,25,61,65,70-71,75-76H,3-22,24,26-60,62-64,66-69H2,1-2H3,(H,74,77)/b25-23-,65-61+. The summed E-state index contributed by atoms with van der Waals surface area (Å²) in [6, 6.07) is -0.625. The van der Waals surface area contributed by atoms with Gasteiger partial charge in [0.2, 0.25) is 5.91 Å². The van der Waals surface area contributed by atoms with Crippen LogP contribution in [0.25, 0.3) is 0 Å². The van der Waals surface area contributed by atoms with E-state index in [2.05, 4.69) is 31.3 Å². The average molecular weight is 1110 g/mol. The molecule has 6 heteroatoms. The van der Waals surface area contributed by atoms with E-state index >= 15 is 0 Å². The molecule has 0 radical (unpaired) electrons. The van der Waals surface area contributed by atoms with E-state index in [9.17, 15) is 19.8 Å². The van der Waals surface area contributed by atoms with Crippen LogP contribution in [0.15, 0.2) is 24.3 Å². The lowest BCUT2D eigenvalue weighted by molar-refractivity contribution is -0.143. The highest BCUT2D eigenvalue weighted by molar-refractivity contribution is 5.76. The third-order valence-electron chi connectivity index (χ3n) is 17.0. The maximum atomic E-state index is 12.5. The van der Waals surface area contributed by atoms with Gasteiger partial charge in [0, 0.05) is 12.8 Å². The summed E-state index contributed by atoms with van der Waals surface area (Å²) in [5.41, 5.74) is 0. The zero-order chi connectivity index (χ0) is 57.1. The Bertz CT molecular complexity index is 1230. The van der Waals surface area contributed by atoms with Gasteiger partial charge in [-0.25, -0.2) is 0 Å². The van der Waals surface area contributed by atoms with E-state index < -0.39 is 12.1 Å². The number of aliphatic hydroxyl groups excluding tert-OH is 2. The van der Waals surface area contributed by atoms with E-state index in [0.717, 1.165) is 38.5 Å². The molecule has 0 spiro atoms. The van der Waals surface area contributed by atoms with Crippen LogP contribution in [-0.2, 0) is 14.3 Å². The molecule has 0 aliphatic heterocycles. The monoisotopic (exact) mass is 1110 g/mol. The summed E-state index contributed by atoms with van der Waals surface area (Å²) < 4.78 is 5.48. The molecule has 6 nitrogen and oxygen atoms in total. The van der Waals surface area contributed by atoms with Crippen LogP contribution in [0, 0.1) is 0 Å². The molecule has 0 fully saturated rings.